The highest BCUT2D eigenvalue weighted by Gasteiger charge is 2.27. The summed E-state index contributed by atoms with van der Waals surface area (Å²) in [4.78, 5) is 70.7. The summed E-state index contributed by atoms with van der Waals surface area (Å²) in [6.45, 7) is 0. The molecule has 13 nitrogen and oxygen atoms in total. The number of carbonyl (C=O) groups excluding carboxylic acids is 2. The Morgan fingerprint density at radius 1 is 0.622 bits per heavy atom. The van der Waals surface area contributed by atoms with Gasteiger partial charge in [-0.2, -0.15) is 0 Å². The molecule has 184 valence electrons. The zero-order chi connectivity index (χ0) is 27.0. The number of aromatic carboxylic acids is 2. The van der Waals surface area contributed by atoms with Crippen molar-refractivity contribution in [1.82, 2.24) is 0 Å². The molecule has 4 aromatic carbocycles. The summed E-state index contributed by atoms with van der Waals surface area (Å²) in [5.74, 6) is -5.90. The SMILES string of the molecule is O=C(O)c1cccc2cc([N+](=O)[O-])cc(C(=O)OC(=O)c3cc([N+](=O)[O-])cc4cccc(C(=O)O)c34)c12. The average molecular weight is 504 g/mol. The largest absolute Gasteiger partial charge is 0.478 e. The van der Waals surface area contributed by atoms with Gasteiger partial charge in [-0.1, -0.05) is 24.3 Å². The van der Waals surface area contributed by atoms with Gasteiger partial charge in [-0.05, 0) is 22.9 Å². The third-order valence-electron chi connectivity index (χ3n) is 5.43. The highest BCUT2D eigenvalue weighted by molar-refractivity contribution is 6.19. The van der Waals surface area contributed by atoms with Crippen LogP contribution in [-0.2, 0) is 4.74 Å². The van der Waals surface area contributed by atoms with E-state index in [1.165, 1.54) is 24.3 Å². The van der Waals surface area contributed by atoms with Crippen LogP contribution in [0, 0.1) is 20.2 Å². The summed E-state index contributed by atoms with van der Waals surface area (Å²) in [6.07, 6.45) is 0. The minimum atomic E-state index is -1.49. The number of nitro groups is 2. The number of carbonyl (C=O) groups is 4. The molecule has 13 heteroatoms. The molecule has 0 atom stereocenters. The molecule has 0 heterocycles. The number of nitrogens with zero attached hydrogens (tertiary/aromatic N) is 2. The third kappa shape index (κ3) is 4.39. The van der Waals surface area contributed by atoms with E-state index in [0.717, 1.165) is 36.4 Å². The molecule has 0 amide bonds. The fourth-order valence-electron chi connectivity index (χ4n) is 3.91. The minimum Gasteiger partial charge on any atom is -0.478 e. The minimum absolute atomic E-state index is 0.00228. The predicted octanol–water partition coefficient (Wildman–Crippen LogP) is 4.20. The summed E-state index contributed by atoms with van der Waals surface area (Å²) in [6, 6.07) is 11.1. The van der Waals surface area contributed by atoms with Crippen molar-refractivity contribution in [2.24, 2.45) is 0 Å². The molecule has 0 bridgehead atoms. The number of fused-ring (bicyclic) bond motifs is 2. The molecule has 0 spiro atoms. The van der Waals surface area contributed by atoms with Crippen LogP contribution in [0.5, 0.6) is 0 Å². The maximum atomic E-state index is 13.1. The molecule has 0 fully saturated rings. The van der Waals surface area contributed by atoms with Crippen LogP contribution in [0.2, 0.25) is 0 Å². The van der Waals surface area contributed by atoms with Crippen LogP contribution in [0.4, 0.5) is 11.4 Å². The number of rotatable bonds is 6. The molecule has 0 aliphatic carbocycles. The van der Waals surface area contributed by atoms with Crippen molar-refractivity contribution in [3.05, 3.63) is 103 Å². The molecule has 0 aromatic heterocycles. The van der Waals surface area contributed by atoms with Crippen LogP contribution >= 0.6 is 0 Å². The maximum absolute atomic E-state index is 13.1. The van der Waals surface area contributed by atoms with Gasteiger partial charge in [0.25, 0.3) is 11.4 Å². The van der Waals surface area contributed by atoms with E-state index in [0.29, 0.717) is 0 Å². The number of non-ortho nitro benzene ring substituents is 2. The molecule has 0 saturated carbocycles. The van der Waals surface area contributed by atoms with Crippen molar-refractivity contribution in [3.8, 4) is 0 Å². The summed E-state index contributed by atoms with van der Waals surface area (Å²) in [7, 11) is 0. The van der Waals surface area contributed by atoms with Crippen LogP contribution < -0.4 is 0 Å². The highest BCUT2D eigenvalue weighted by atomic mass is 16.6. The molecule has 37 heavy (non-hydrogen) atoms. The van der Waals surface area contributed by atoms with Gasteiger partial charge in [0.05, 0.1) is 32.1 Å². The van der Waals surface area contributed by atoms with Crippen LogP contribution in [0.25, 0.3) is 21.5 Å². The Morgan fingerprint density at radius 2 is 1.00 bits per heavy atom. The fraction of sp³-hybridized carbons (Fsp3) is 0. The van der Waals surface area contributed by atoms with Gasteiger partial charge in [-0.3, -0.25) is 20.2 Å². The van der Waals surface area contributed by atoms with Crippen LogP contribution in [0.15, 0.2) is 60.7 Å². The van der Waals surface area contributed by atoms with Gasteiger partial charge in [0.15, 0.2) is 0 Å². The normalized spacial score (nSPS) is 10.7. The number of carboxylic acid groups (broad SMARTS) is 2. The molecule has 0 radical (unpaired) electrons. The van der Waals surface area contributed by atoms with Crippen LogP contribution in [0.1, 0.15) is 41.4 Å². The lowest BCUT2D eigenvalue weighted by molar-refractivity contribution is -0.384. The number of carboxylic acids is 2. The van der Waals surface area contributed by atoms with E-state index < -0.39 is 67.4 Å². The Balaban J connectivity index is 1.90. The van der Waals surface area contributed by atoms with Crippen molar-refractivity contribution >= 4 is 56.8 Å². The third-order valence-corrected chi connectivity index (χ3v) is 5.43. The number of esters is 2. The van der Waals surface area contributed by atoms with Crippen molar-refractivity contribution in [2.45, 2.75) is 0 Å². The standard InChI is InChI=1S/C24H12N2O11/c27-21(28)15-5-1-3-11-7-13(25(33)34)9-17(19(11)15)23(31)37-24(32)18-10-14(26(35)36)8-12-4-2-6-16(20(12)18)22(29)30/h1-10H,(H,27,28)(H,29,30). The lowest BCUT2D eigenvalue weighted by Crippen LogP contribution is -2.16. The second-order valence-corrected chi connectivity index (χ2v) is 7.60. The molecule has 0 unspecified atom stereocenters. The molecule has 2 N–H and O–H groups in total. The van der Waals surface area contributed by atoms with E-state index in [2.05, 4.69) is 0 Å². The molecule has 4 aromatic rings. The first-order valence-electron chi connectivity index (χ1n) is 10.1. The smallest absolute Gasteiger partial charge is 0.346 e. The Morgan fingerprint density at radius 3 is 1.32 bits per heavy atom. The van der Waals surface area contributed by atoms with E-state index >= 15 is 0 Å². The molecular weight excluding hydrogens is 492 g/mol. The average Bonchev–Trinajstić information content (AvgIpc) is 2.85. The van der Waals surface area contributed by atoms with Gasteiger partial charge < -0.3 is 14.9 Å². The Bertz CT molecular complexity index is 1580. The first kappa shape index (κ1) is 24.4. The van der Waals surface area contributed by atoms with Crippen molar-refractivity contribution in [3.63, 3.8) is 0 Å². The van der Waals surface area contributed by atoms with Gasteiger partial charge in [-0.25, -0.2) is 19.2 Å². The van der Waals surface area contributed by atoms with E-state index in [4.69, 9.17) is 4.74 Å². The maximum Gasteiger partial charge on any atom is 0.346 e. The second-order valence-electron chi connectivity index (χ2n) is 7.60. The fourth-order valence-corrected chi connectivity index (χ4v) is 3.91. The highest BCUT2D eigenvalue weighted by Crippen LogP contribution is 2.32. The quantitative estimate of drug-likeness (QED) is 0.165. The zero-order valence-corrected chi connectivity index (χ0v) is 18.2. The first-order valence-corrected chi connectivity index (χ1v) is 10.1. The summed E-state index contributed by atoms with van der Waals surface area (Å²) < 4.78 is 4.87. The van der Waals surface area contributed by atoms with E-state index in [9.17, 15) is 49.6 Å². The molecule has 0 aliphatic heterocycles. The molecule has 0 saturated heterocycles. The lowest BCUT2D eigenvalue weighted by Gasteiger charge is -2.11. The Hall–Kier alpha value is -5.72. The van der Waals surface area contributed by atoms with Gasteiger partial charge >= 0.3 is 23.9 Å². The van der Waals surface area contributed by atoms with Crippen molar-refractivity contribution < 1.29 is 44.0 Å². The molecular formula is C24H12N2O11. The predicted molar refractivity (Wildman–Crippen MR) is 125 cm³/mol. The first-order chi connectivity index (χ1) is 17.5. The number of benzene rings is 4. The lowest BCUT2D eigenvalue weighted by atomic mass is 9.97. The van der Waals surface area contributed by atoms with Gasteiger partial charge in [0.1, 0.15) is 0 Å². The molecule has 4 rings (SSSR count). The number of hydrogen-bond donors (Lipinski definition) is 2. The monoisotopic (exact) mass is 504 g/mol. The van der Waals surface area contributed by atoms with Gasteiger partial charge in [0.2, 0.25) is 0 Å². The Kier molecular flexibility index (Phi) is 6.03. The topological polar surface area (TPSA) is 204 Å². The van der Waals surface area contributed by atoms with Crippen molar-refractivity contribution in [2.75, 3.05) is 0 Å². The summed E-state index contributed by atoms with van der Waals surface area (Å²) in [5.41, 5.74) is -3.24. The van der Waals surface area contributed by atoms with E-state index in [1.807, 2.05) is 0 Å². The second kappa shape index (κ2) is 9.14. The zero-order valence-electron chi connectivity index (χ0n) is 18.2. The number of ether oxygens (including phenoxy) is 1. The van der Waals surface area contributed by atoms with Crippen LogP contribution in [-0.4, -0.2) is 43.9 Å². The Labute approximate surface area is 204 Å². The van der Waals surface area contributed by atoms with E-state index in [1.54, 1.807) is 0 Å². The van der Waals surface area contributed by atoms with Crippen molar-refractivity contribution in [1.29, 1.82) is 0 Å². The number of hydrogen-bond acceptors (Lipinski definition) is 9. The van der Waals surface area contributed by atoms with Gasteiger partial charge in [0, 0.05) is 35.0 Å². The van der Waals surface area contributed by atoms with E-state index in [-0.39, 0.29) is 21.5 Å². The van der Waals surface area contributed by atoms with Gasteiger partial charge in [-0.15, -0.1) is 0 Å². The summed E-state index contributed by atoms with van der Waals surface area (Å²) in [5, 5.41) is 41.4. The molecule has 0 aliphatic rings. The number of nitro benzene ring substituents is 2. The summed E-state index contributed by atoms with van der Waals surface area (Å²) >= 11 is 0. The van der Waals surface area contributed by atoms with Crippen LogP contribution in [0.3, 0.4) is 0 Å².